The van der Waals surface area contributed by atoms with Crippen molar-refractivity contribution in [2.75, 3.05) is 5.75 Å². The van der Waals surface area contributed by atoms with Crippen molar-refractivity contribution in [2.24, 2.45) is 5.73 Å². The Bertz CT molecular complexity index is 326. The predicted octanol–water partition coefficient (Wildman–Crippen LogP) is 1.04. The average Bonchev–Trinajstić information content (AvgIpc) is 2.20. The molecule has 0 radical (unpaired) electrons. The molecule has 0 amide bonds. The second kappa shape index (κ2) is 5.63. The number of carboxylic acids is 1. The van der Waals surface area contributed by atoms with E-state index in [2.05, 4.69) is 0 Å². The Hall–Kier alpha value is -1.20. The molecule has 0 bridgehead atoms. The van der Waals surface area contributed by atoms with Gasteiger partial charge in [0.1, 0.15) is 11.8 Å². The molecule has 0 saturated carbocycles. The topological polar surface area (TPSA) is 83.5 Å². The van der Waals surface area contributed by atoms with Gasteiger partial charge in [0, 0.05) is 11.5 Å². The fourth-order valence-electron chi connectivity index (χ4n) is 0.967. The quantitative estimate of drug-likeness (QED) is 0.700. The molecule has 0 aliphatic carbocycles. The second-order valence-electron chi connectivity index (χ2n) is 3.13. The fraction of sp³-hybridized carbons (Fsp3) is 0.300. The average molecular weight is 227 g/mol. The summed E-state index contributed by atoms with van der Waals surface area (Å²) in [5.74, 6) is 0.330. The number of aliphatic carboxylic acids is 1. The third-order valence-corrected chi connectivity index (χ3v) is 2.95. The number of phenolic OH excluding ortho intramolecular Hbond substituents is 1. The van der Waals surface area contributed by atoms with Gasteiger partial charge in [-0.1, -0.05) is 12.1 Å². The van der Waals surface area contributed by atoms with Crippen molar-refractivity contribution in [3.05, 3.63) is 29.8 Å². The van der Waals surface area contributed by atoms with Crippen LogP contribution in [0.1, 0.15) is 5.56 Å². The van der Waals surface area contributed by atoms with Gasteiger partial charge in [0.2, 0.25) is 0 Å². The Balaban J connectivity index is 2.32. The number of carboxylic acid groups (broad SMARTS) is 1. The van der Waals surface area contributed by atoms with Gasteiger partial charge >= 0.3 is 5.97 Å². The van der Waals surface area contributed by atoms with Crippen molar-refractivity contribution < 1.29 is 15.0 Å². The third-order valence-electron chi connectivity index (χ3n) is 1.82. The standard InChI is InChI=1S/C10H13NO3S/c11-9(10(13)14)6-15-5-7-1-3-8(12)4-2-7/h1-4,9,12H,5-6,11H2,(H,13,14)/t9-/m0/s1. The molecule has 0 spiro atoms. The summed E-state index contributed by atoms with van der Waals surface area (Å²) in [4.78, 5) is 10.4. The molecular weight excluding hydrogens is 214 g/mol. The van der Waals surface area contributed by atoms with Gasteiger partial charge in [-0.05, 0) is 17.7 Å². The lowest BCUT2D eigenvalue weighted by Crippen LogP contribution is -2.32. The maximum absolute atomic E-state index is 10.4. The molecule has 0 aliphatic heterocycles. The molecule has 0 aliphatic rings. The normalized spacial score (nSPS) is 12.3. The van der Waals surface area contributed by atoms with Crippen molar-refractivity contribution in [3.8, 4) is 5.75 Å². The summed E-state index contributed by atoms with van der Waals surface area (Å²) in [5.41, 5.74) is 6.38. The lowest BCUT2D eigenvalue weighted by Gasteiger charge is -2.05. The number of aromatic hydroxyl groups is 1. The van der Waals surface area contributed by atoms with Crippen LogP contribution < -0.4 is 5.73 Å². The Morgan fingerprint density at radius 2 is 2.00 bits per heavy atom. The lowest BCUT2D eigenvalue weighted by atomic mass is 10.2. The maximum atomic E-state index is 10.4. The Morgan fingerprint density at radius 3 is 2.53 bits per heavy atom. The molecule has 4 nitrogen and oxygen atoms in total. The highest BCUT2D eigenvalue weighted by atomic mass is 32.2. The molecule has 1 aromatic carbocycles. The van der Waals surface area contributed by atoms with Crippen molar-refractivity contribution in [2.45, 2.75) is 11.8 Å². The van der Waals surface area contributed by atoms with Crippen LogP contribution >= 0.6 is 11.8 Å². The molecule has 82 valence electrons. The SMILES string of the molecule is N[C@@H](CSCc1ccc(O)cc1)C(=O)O. The van der Waals surface area contributed by atoms with E-state index in [1.807, 2.05) is 0 Å². The number of benzene rings is 1. The molecule has 1 rings (SSSR count). The largest absolute Gasteiger partial charge is 0.508 e. The zero-order chi connectivity index (χ0) is 11.3. The minimum absolute atomic E-state index is 0.228. The first-order valence-corrected chi connectivity index (χ1v) is 5.59. The number of carbonyl (C=O) groups is 1. The van der Waals surface area contributed by atoms with E-state index >= 15 is 0 Å². The summed E-state index contributed by atoms with van der Waals surface area (Å²) in [5, 5.41) is 17.6. The van der Waals surface area contributed by atoms with Crippen LogP contribution in [0.15, 0.2) is 24.3 Å². The smallest absolute Gasteiger partial charge is 0.321 e. The molecule has 0 fully saturated rings. The van der Waals surface area contributed by atoms with Crippen LogP contribution in [-0.4, -0.2) is 28.0 Å². The van der Waals surface area contributed by atoms with Gasteiger partial charge < -0.3 is 15.9 Å². The van der Waals surface area contributed by atoms with Crippen molar-refractivity contribution in [1.29, 1.82) is 0 Å². The fourth-order valence-corrected chi connectivity index (χ4v) is 1.91. The van der Waals surface area contributed by atoms with Gasteiger partial charge in [0.05, 0.1) is 0 Å². The number of phenols is 1. The van der Waals surface area contributed by atoms with Gasteiger partial charge in [-0.15, -0.1) is 0 Å². The highest BCUT2D eigenvalue weighted by Crippen LogP contribution is 2.15. The first-order chi connectivity index (χ1) is 7.09. The third kappa shape index (κ3) is 4.22. The van der Waals surface area contributed by atoms with E-state index in [9.17, 15) is 4.79 Å². The van der Waals surface area contributed by atoms with Crippen LogP contribution in [0.25, 0.3) is 0 Å². The van der Waals surface area contributed by atoms with Crippen LogP contribution in [0.2, 0.25) is 0 Å². The highest BCUT2D eigenvalue weighted by Gasteiger charge is 2.10. The summed E-state index contributed by atoms with van der Waals surface area (Å²) >= 11 is 1.46. The molecule has 4 N–H and O–H groups in total. The molecule has 0 saturated heterocycles. The van der Waals surface area contributed by atoms with E-state index in [0.717, 1.165) is 5.56 Å². The second-order valence-corrected chi connectivity index (χ2v) is 4.16. The van der Waals surface area contributed by atoms with Crippen LogP contribution in [0, 0.1) is 0 Å². The predicted molar refractivity (Wildman–Crippen MR) is 59.9 cm³/mol. The van der Waals surface area contributed by atoms with E-state index in [1.165, 1.54) is 11.8 Å². The summed E-state index contributed by atoms with van der Waals surface area (Å²) in [6.45, 7) is 0. The van der Waals surface area contributed by atoms with Crippen molar-refractivity contribution >= 4 is 17.7 Å². The number of nitrogens with two attached hydrogens (primary N) is 1. The van der Waals surface area contributed by atoms with Gasteiger partial charge in [0.15, 0.2) is 0 Å². The van der Waals surface area contributed by atoms with Crippen LogP contribution in [-0.2, 0) is 10.5 Å². The van der Waals surface area contributed by atoms with E-state index in [-0.39, 0.29) is 5.75 Å². The molecule has 1 atom stereocenters. The van der Waals surface area contributed by atoms with Gasteiger partial charge in [0.25, 0.3) is 0 Å². The number of rotatable bonds is 5. The summed E-state index contributed by atoms with van der Waals surface area (Å²) in [6, 6.07) is 6.00. The number of thioether (sulfide) groups is 1. The van der Waals surface area contributed by atoms with Crippen LogP contribution in [0.3, 0.4) is 0 Å². The minimum atomic E-state index is -0.979. The number of hydrogen-bond acceptors (Lipinski definition) is 4. The Kier molecular flexibility index (Phi) is 4.45. The summed E-state index contributed by atoms with van der Waals surface area (Å²) in [6.07, 6.45) is 0. The van der Waals surface area contributed by atoms with Crippen molar-refractivity contribution in [1.82, 2.24) is 0 Å². The summed E-state index contributed by atoms with van der Waals surface area (Å²) < 4.78 is 0. The highest BCUT2D eigenvalue weighted by molar-refractivity contribution is 7.98. The van der Waals surface area contributed by atoms with Crippen molar-refractivity contribution in [3.63, 3.8) is 0 Å². The molecule has 0 heterocycles. The van der Waals surface area contributed by atoms with Crippen LogP contribution in [0.4, 0.5) is 0 Å². The molecule has 15 heavy (non-hydrogen) atoms. The Morgan fingerprint density at radius 1 is 1.40 bits per heavy atom. The molecule has 0 unspecified atom stereocenters. The zero-order valence-electron chi connectivity index (χ0n) is 8.09. The number of hydrogen-bond donors (Lipinski definition) is 3. The van der Waals surface area contributed by atoms with Gasteiger partial charge in [-0.2, -0.15) is 11.8 Å². The molecular formula is C10H13NO3S. The van der Waals surface area contributed by atoms with E-state index in [4.69, 9.17) is 15.9 Å². The summed E-state index contributed by atoms with van der Waals surface area (Å²) in [7, 11) is 0. The monoisotopic (exact) mass is 227 g/mol. The van der Waals surface area contributed by atoms with Crippen LogP contribution in [0.5, 0.6) is 5.75 Å². The molecule has 1 aromatic rings. The van der Waals surface area contributed by atoms with E-state index in [1.54, 1.807) is 24.3 Å². The zero-order valence-corrected chi connectivity index (χ0v) is 8.91. The maximum Gasteiger partial charge on any atom is 0.321 e. The minimum Gasteiger partial charge on any atom is -0.508 e. The first kappa shape index (κ1) is 11.9. The lowest BCUT2D eigenvalue weighted by molar-refractivity contribution is -0.137. The van der Waals surface area contributed by atoms with E-state index < -0.39 is 12.0 Å². The Labute approximate surface area is 92.1 Å². The molecule has 5 heteroatoms. The molecule has 0 aromatic heterocycles. The van der Waals surface area contributed by atoms with Gasteiger partial charge in [-0.25, -0.2) is 0 Å². The first-order valence-electron chi connectivity index (χ1n) is 4.43. The van der Waals surface area contributed by atoms with E-state index in [0.29, 0.717) is 11.5 Å². The van der Waals surface area contributed by atoms with Gasteiger partial charge in [-0.3, -0.25) is 4.79 Å².